The number of nitrogens with zero attached hydrogens (tertiary/aromatic N) is 1. The SMILES string of the molecule is O=C(Nc1nc2c(s1)Cc1ccccc1-2)c1ccc(F)cc1. The summed E-state index contributed by atoms with van der Waals surface area (Å²) < 4.78 is 12.9. The van der Waals surface area contributed by atoms with Gasteiger partial charge in [-0.25, -0.2) is 9.37 Å². The first kappa shape index (κ1) is 13.2. The minimum Gasteiger partial charge on any atom is -0.298 e. The van der Waals surface area contributed by atoms with E-state index in [2.05, 4.69) is 16.4 Å². The summed E-state index contributed by atoms with van der Waals surface area (Å²) in [6.07, 6.45) is 0.857. The number of fused-ring (bicyclic) bond motifs is 3. The molecule has 4 rings (SSSR count). The van der Waals surface area contributed by atoms with Gasteiger partial charge in [0.05, 0.1) is 5.69 Å². The Morgan fingerprint density at radius 3 is 2.73 bits per heavy atom. The van der Waals surface area contributed by atoms with Crippen molar-refractivity contribution in [2.75, 3.05) is 5.32 Å². The molecule has 0 radical (unpaired) electrons. The molecule has 5 heteroatoms. The molecule has 0 fully saturated rings. The van der Waals surface area contributed by atoms with Gasteiger partial charge in [0.1, 0.15) is 5.82 Å². The fraction of sp³-hybridized carbons (Fsp3) is 0.0588. The minimum absolute atomic E-state index is 0.277. The molecule has 0 bridgehead atoms. The summed E-state index contributed by atoms with van der Waals surface area (Å²) in [4.78, 5) is 17.8. The van der Waals surface area contributed by atoms with E-state index in [4.69, 9.17) is 0 Å². The maximum atomic E-state index is 12.9. The van der Waals surface area contributed by atoms with E-state index in [1.165, 1.54) is 41.2 Å². The van der Waals surface area contributed by atoms with Crippen LogP contribution in [0.5, 0.6) is 0 Å². The lowest BCUT2D eigenvalue weighted by Crippen LogP contribution is -2.11. The Morgan fingerprint density at radius 2 is 1.91 bits per heavy atom. The highest BCUT2D eigenvalue weighted by Gasteiger charge is 2.23. The monoisotopic (exact) mass is 310 g/mol. The summed E-state index contributed by atoms with van der Waals surface area (Å²) in [5, 5.41) is 3.36. The van der Waals surface area contributed by atoms with Crippen molar-refractivity contribution in [2.45, 2.75) is 6.42 Å². The van der Waals surface area contributed by atoms with Crippen molar-refractivity contribution in [3.05, 3.63) is 70.4 Å². The maximum absolute atomic E-state index is 12.9. The van der Waals surface area contributed by atoms with Crippen molar-refractivity contribution in [3.8, 4) is 11.3 Å². The summed E-state index contributed by atoms with van der Waals surface area (Å²) in [5.41, 5.74) is 3.77. The molecular weight excluding hydrogens is 299 g/mol. The van der Waals surface area contributed by atoms with Crippen molar-refractivity contribution in [1.29, 1.82) is 0 Å². The van der Waals surface area contributed by atoms with Crippen molar-refractivity contribution in [3.63, 3.8) is 0 Å². The second-order valence-electron chi connectivity index (χ2n) is 5.09. The zero-order valence-electron chi connectivity index (χ0n) is 11.5. The molecule has 0 spiro atoms. The van der Waals surface area contributed by atoms with Crippen molar-refractivity contribution >= 4 is 22.4 Å². The van der Waals surface area contributed by atoms with E-state index >= 15 is 0 Å². The standard InChI is InChI=1S/C17H11FN2OS/c18-12-7-5-10(6-8-12)16(21)20-17-19-15-13-4-2-1-3-11(13)9-14(15)22-17/h1-8H,9H2,(H,19,20,21). The van der Waals surface area contributed by atoms with Crippen LogP contribution in [0.3, 0.4) is 0 Å². The van der Waals surface area contributed by atoms with E-state index < -0.39 is 0 Å². The fourth-order valence-electron chi connectivity index (χ4n) is 2.58. The van der Waals surface area contributed by atoms with Gasteiger partial charge in [-0.05, 0) is 29.8 Å². The van der Waals surface area contributed by atoms with Gasteiger partial charge in [-0.3, -0.25) is 10.1 Å². The molecule has 1 aromatic heterocycles. The number of anilines is 1. The van der Waals surface area contributed by atoms with Gasteiger partial charge in [-0.15, -0.1) is 11.3 Å². The number of nitrogens with one attached hydrogen (secondary N) is 1. The van der Waals surface area contributed by atoms with Crippen LogP contribution in [0.1, 0.15) is 20.8 Å². The summed E-state index contributed by atoms with van der Waals surface area (Å²) in [5.74, 6) is -0.637. The lowest BCUT2D eigenvalue weighted by molar-refractivity contribution is 0.102. The summed E-state index contributed by atoms with van der Waals surface area (Å²) in [7, 11) is 0. The summed E-state index contributed by atoms with van der Waals surface area (Å²) in [6.45, 7) is 0. The van der Waals surface area contributed by atoms with E-state index in [1.807, 2.05) is 18.2 Å². The first-order chi connectivity index (χ1) is 10.7. The maximum Gasteiger partial charge on any atom is 0.257 e. The molecule has 1 aliphatic carbocycles. The summed E-state index contributed by atoms with van der Waals surface area (Å²) in [6, 6.07) is 13.6. The molecule has 2 aromatic carbocycles. The minimum atomic E-state index is -0.360. The van der Waals surface area contributed by atoms with Gasteiger partial charge < -0.3 is 0 Å². The number of hydrogen-bond acceptors (Lipinski definition) is 3. The first-order valence-electron chi connectivity index (χ1n) is 6.85. The van der Waals surface area contributed by atoms with Gasteiger partial charge in [-0.2, -0.15) is 0 Å². The zero-order valence-corrected chi connectivity index (χ0v) is 12.3. The normalized spacial score (nSPS) is 11.9. The molecule has 1 heterocycles. The van der Waals surface area contributed by atoms with Crippen LogP contribution in [0.25, 0.3) is 11.3 Å². The third kappa shape index (κ3) is 2.19. The number of thiazole rings is 1. The molecule has 0 unspecified atom stereocenters. The highest BCUT2D eigenvalue weighted by molar-refractivity contribution is 7.16. The van der Waals surface area contributed by atoms with Gasteiger partial charge in [0.25, 0.3) is 5.91 Å². The second kappa shape index (κ2) is 5.03. The predicted molar refractivity (Wildman–Crippen MR) is 84.7 cm³/mol. The van der Waals surface area contributed by atoms with Gasteiger partial charge >= 0.3 is 0 Å². The van der Waals surface area contributed by atoms with Crippen LogP contribution >= 0.6 is 11.3 Å². The fourth-order valence-corrected chi connectivity index (χ4v) is 3.58. The second-order valence-corrected chi connectivity index (χ2v) is 6.17. The van der Waals surface area contributed by atoms with Crippen LogP contribution < -0.4 is 5.32 Å². The number of halogens is 1. The molecule has 0 saturated heterocycles. The smallest absolute Gasteiger partial charge is 0.257 e. The van der Waals surface area contributed by atoms with E-state index in [9.17, 15) is 9.18 Å². The Kier molecular flexibility index (Phi) is 3.01. The van der Waals surface area contributed by atoms with E-state index in [1.54, 1.807) is 0 Å². The molecule has 22 heavy (non-hydrogen) atoms. The predicted octanol–water partition coefficient (Wildman–Crippen LogP) is 4.11. The molecule has 1 amide bonds. The van der Waals surface area contributed by atoms with Crippen molar-refractivity contribution < 1.29 is 9.18 Å². The lowest BCUT2D eigenvalue weighted by Gasteiger charge is -2.02. The van der Waals surface area contributed by atoms with E-state index in [-0.39, 0.29) is 11.7 Å². The number of rotatable bonds is 2. The Bertz CT molecular complexity index is 871. The molecule has 3 aromatic rings. The van der Waals surface area contributed by atoms with Crippen molar-refractivity contribution in [1.82, 2.24) is 4.98 Å². The quantitative estimate of drug-likeness (QED) is 0.605. The highest BCUT2D eigenvalue weighted by atomic mass is 32.1. The topological polar surface area (TPSA) is 42.0 Å². The number of benzene rings is 2. The third-order valence-electron chi connectivity index (χ3n) is 3.65. The summed E-state index contributed by atoms with van der Waals surface area (Å²) >= 11 is 1.49. The molecule has 3 nitrogen and oxygen atoms in total. The molecule has 0 saturated carbocycles. The number of amides is 1. The zero-order chi connectivity index (χ0) is 15.1. The van der Waals surface area contributed by atoms with Gasteiger partial charge in [0, 0.05) is 22.4 Å². The lowest BCUT2D eigenvalue weighted by atomic mass is 10.1. The molecule has 0 atom stereocenters. The highest BCUT2D eigenvalue weighted by Crippen LogP contribution is 2.40. The van der Waals surface area contributed by atoms with Gasteiger partial charge in [0.2, 0.25) is 0 Å². The van der Waals surface area contributed by atoms with E-state index in [0.717, 1.165) is 22.6 Å². The van der Waals surface area contributed by atoms with Crippen molar-refractivity contribution in [2.24, 2.45) is 0 Å². The van der Waals surface area contributed by atoms with Crippen LogP contribution in [-0.4, -0.2) is 10.9 Å². The van der Waals surface area contributed by atoms with Gasteiger partial charge in [-0.1, -0.05) is 24.3 Å². The molecule has 0 aliphatic heterocycles. The molecule has 1 N–H and O–H groups in total. The number of carbonyl (C=O) groups is 1. The largest absolute Gasteiger partial charge is 0.298 e. The van der Waals surface area contributed by atoms with Gasteiger partial charge in [0.15, 0.2) is 5.13 Å². The Balaban J connectivity index is 1.59. The van der Waals surface area contributed by atoms with Crippen LogP contribution in [-0.2, 0) is 6.42 Å². The van der Waals surface area contributed by atoms with Crippen LogP contribution in [0.15, 0.2) is 48.5 Å². The molecule has 1 aliphatic rings. The van der Waals surface area contributed by atoms with Crippen LogP contribution in [0.4, 0.5) is 9.52 Å². The Morgan fingerprint density at radius 1 is 1.14 bits per heavy atom. The Hall–Kier alpha value is -2.53. The number of hydrogen-bond donors (Lipinski definition) is 1. The van der Waals surface area contributed by atoms with E-state index in [0.29, 0.717) is 10.7 Å². The first-order valence-corrected chi connectivity index (χ1v) is 7.67. The number of aromatic nitrogens is 1. The average Bonchev–Trinajstić information content (AvgIpc) is 3.05. The number of carbonyl (C=O) groups excluding carboxylic acids is 1. The van der Waals surface area contributed by atoms with Crippen LogP contribution in [0, 0.1) is 5.82 Å². The third-order valence-corrected chi connectivity index (χ3v) is 4.62. The Labute approximate surface area is 130 Å². The average molecular weight is 310 g/mol. The molecular formula is C17H11FN2OS. The van der Waals surface area contributed by atoms with Crippen LogP contribution in [0.2, 0.25) is 0 Å². The molecule has 108 valence electrons.